The first kappa shape index (κ1) is 32.9. The predicted octanol–water partition coefficient (Wildman–Crippen LogP) is 9.33. The fourth-order valence-corrected chi connectivity index (χ4v) is 4.28. The third-order valence-corrected chi connectivity index (χ3v) is 6.51. The monoisotopic (exact) mass is 628 g/mol. The zero-order valence-electron chi connectivity index (χ0n) is 23.0. The van der Waals surface area contributed by atoms with E-state index >= 15 is 0 Å². The number of ether oxygens (including phenoxy) is 3. The van der Waals surface area contributed by atoms with Crippen LogP contribution < -0.4 is 4.74 Å². The van der Waals surface area contributed by atoms with Crippen molar-refractivity contribution in [2.75, 3.05) is 13.2 Å². The third kappa shape index (κ3) is 7.92. The molecule has 0 bridgehead atoms. The van der Waals surface area contributed by atoms with Crippen molar-refractivity contribution in [1.82, 2.24) is 0 Å². The number of hydrogen-bond acceptors (Lipinski definition) is 3. The van der Waals surface area contributed by atoms with E-state index in [1.165, 1.54) is 12.1 Å². The van der Waals surface area contributed by atoms with E-state index in [1.54, 1.807) is 0 Å². The Balaban J connectivity index is 1.40. The Morgan fingerprint density at radius 1 is 0.841 bits per heavy atom. The lowest BCUT2D eigenvalue weighted by Crippen LogP contribution is -2.30. The zero-order chi connectivity index (χ0) is 32.0. The van der Waals surface area contributed by atoms with Crippen LogP contribution in [-0.4, -0.2) is 19.5 Å². The normalized spacial score (nSPS) is 18.2. The first-order valence-electron chi connectivity index (χ1n) is 13.3. The van der Waals surface area contributed by atoms with Gasteiger partial charge >= 0.3 is 6.11 Å². The standard InChI is InChI=1S/C32H25F9O3/c1-2-5-19-16-42-27(43-17-19)7-4-3-6-18-8-10-21(11-9-18)32(40,41)44-22-14-23(33)28(24(34)15-22)31(39)29(37)20-12-25(35)30(38)26(36)13-20/h2-5,8-15,19,27H,6-7,16-17H2,1H3/b4-3-,5-2+,31-29+. The van der Waals surface area contributed by atoms with Gasteiger partial charge in [0.05, 0.1) is 24.3 Å². The molecule has 0 aromatic heterocycles. The van der Waals surface area contributed by atoms with Crippen molar-refractivity contribution in [3.8, 4) is 5.75 Å². The summed E-state index contributed by atoms with van der Waals surface area (Å²) in [6.45, 7) is 3.03. The number of hydrogen-bond donors (Lipinski definition) is 0. The van der Waals surface area contributed by atoms with Gasteiger partial charge in [0.1, 0.15) is 17.4 Å². The molecular weight excluding hydrogens is 603 g/mol. The van der Waals surface area contributed by atoms with E-state index in [0.29, 0.717) is 31.6 Å². The molecule has 1 aliphatic rings. The van der Waals surface area contributed by atoms with Gasteiger partial charge in [0.25, 0.3) is 0 Å². The highest BCUT2D eigenvalue weighted by Crippen LogP contribution is 2.37. The Labute approximate surface area is 246 Å². The quantitative estimate of drug-likeness (QED) is 0.0970. The van der Waals surface area contributed by atoms with Crippen molar-refractivity contribution >= 4 is 11.7 Å². The molecule has 3 aromatic rings. The van der Waals surface area contributed by atoms with Gasteiger partial charge in [-0.1, -0.05) is 36.4 Å². The molecule has 3 nitrogen and oxygen atoms in total. The Hall–Kier alpha value is -4.03. The Morgan fingerprint density at radius 2 is 1.43 bits per heavy atom. The van der Waals surface area contributed by atoms with Crippen LogP contribution in [0.25, 0.3) is 11.7 Å². The first-order chi connectivity index (χ1) is 20.9. The molecule has 1 saturated heterocycles. The predicted molar refractivity (Wildman–Crippen MR) is 144 cm³/mol. The summed E-state index contributed by atoms with van der Waals surface area (Å²) in [5.74, 6) is -14.6. The summed E-state index contributed by atoms with van der Waals surface area (Å²) in [6.07, 6.45) is 4.07. The Bertz CT molecular complexity index is 1510. The number of halogens is 9. The van der Waals surface area contributed by atoms with Crippen molar-refractivity contribution < 1.29 is 53.7 Å². The fraction of sp³-hybridized carbons (Fsp3) is 0.250. The number of allylic oxidation sites excluding steroid dienone is 2. The Kier molecular flexibility index (Phi) is 10.6. The van der Waals surface area contributed by atoms with E-state index in [2.05, 4.69) is 4.74 Å². The van der Waals surface area contributed by atoms with Crippen LogP contribution in [0.1, 0.15) is 35.6 Å². The summed E-state index contributed by atoms with van der Waals surface area (Å²) in [6, 6.07) is 5.43. The summed E-state index contributed by atoms with van der Waals surface area (Å²) in [5, 5.41) is 0. The van der Waals surface area contributed by atoms with Gasteiger partial charge in [-0.3, -0.25) is 0 Å². The molecule has 0 atom stereocenters. The van der Waals surface area contributed by atoms with Crippen molar-refractivity contribution in [1.29, 1.82) is 0 Å². The van der Waals surface area contributed by atoms with Crippen molar-refractivity contribution in [2.45, 2.75) is 32.2 Å². The molecule has 1 fully saturated rings. The summed E-state index contributed by atoms with van der Waals surface area (Å²) >= 11 is 0. The lowest BCUT2D eigenvalue weighted by atomic mass is 10.1. The van der Waals surface area contributed by atoms with E-state index in [1.807, 2.05) is 31.2 Å². The minimum absolute atomic E-state index is 0.0739. The maximum Gasteiger partial charge on any atom is 0.426 e. The fourth-order valence-electron chi connectivity index (χ4n) is 4.28. The van der Waals surface area contributed by atoms with Gasteiger partial charge in [-0.2, -0.15) is 8.78 Å². The largest absolute Gasteiger partial charge is 0.429 e. The van der Waals surface area contributed by atoms with Crippen LogP contribution in [-0.2, 0) is 22.0 Å². The van der Waals surface area contributed by atoms with Gasteiger partial charge in [-0.05, 0) is 43.2 Å². The van der Waals surface area contributed by atoms with E-state index in [9.17, 15) is 39.5 Å². The topological polar surface area (TPSA) is 27.7 Å². The minimum atomic E-state index is -4.09. The van der Waals surface area contributed by atoms with E-state index in [4.69, 9.17) is 9.47 Å². The van der Waals surface area contributed by atoms with Crippen LogP contribution in [0.5, 0.6) is 5.75 Å². The molecular formula is C32H25F9O3. The molecule has 0 amide bonds. The minimum Gasteiger partial charge on any atom is -0.429 e. The van der Waals surface area contributed by atoms with Gasteiger partial charge < -0.3 is 14.2 Å². The van der Waals surface area contributed by atoms with Gasteiger partial charge in [0.15, 0.2) is 35.4 Å². The number of benzene rings is 3. The molecule has 3 aromatic carbocycles. The van der Waals surface area contributed by atoms with Gasteiger partial charge in [0.2, 0.25) is 0 Å². The average molecular weight is 629 g/mol. The molecule has 0 spiro atoms. The molecule has 44 heavy (non-hydrogen) atoms. The smallest absolute Gasteiger partial charge is 0.426 e. The molecule has 12 heteroatoms. The van der Waals surface area contributed by atoms with Crippen molar-refractivity contribution in [2.24, 2.45) is 5.92 Å². The van der Waals surface area contributed by atoms with E-state index in [-0.39, 0.29) is 36.5 Å². The van der Waals surface area contributed by atoms with Crippen LogP contribution in [0.2, 0.25) is 0 Å². The van der Waals surface area contributed by atoms with E-state index < -0.39 is 69.3 Å². The SMILES string of the molecule is C/C=C/C1COC(C/C=C\Cc2ccc(C(F)(F)Oc3cc(F)c(/C(F)=C(\F)c4cc(F)c(F)c(F)c4)c(F)c3)cc2)OC1. The highest BCUT2D eigenvalue weighted by atomic mass is 19.3. The van der Waals surface area contributed by atoms with Crippen LogP contribution in [0.15, 0.2) is 72.8 Å². The van der Waals surface area contributed by atoms with Crippen LogP contribution in [0.3, 0.4) is 0 Å². The van der Waals surface area contributed by atoms with Gasteiger partial charge in [0, 0.05) is 30.0 Å². The number of alkyl halides is 2. The van der Waals surface area contributed by atoms with Crippen LogP contribution in [0, 0.1) is 35.0 Å². The molecule has 234 valence electrons. The van der Waals surface area contributed by atoms with Crippen LogP contribution >= 0.6 is 0 Å². The maximum absolute atomic E-state index is 14.8. The molecule has 4 rings (SSSR count). The zero-order valence-corrected chi connectivity index (χ0v) is 23.0. The molecule has 0 unspecified atom stereocenters. The average Bonchev–Trinajstić information content (AvgIpc) is 2.98. The second-order valence-electron chi connectivity index (χ2n) is 9.75. The highest BCUT2D eigenvalue weighted by Gasteiger charge is 2.35. The molecule has 1 heterocycles. The number of rotatable bonds is 10. The van der Waals surface area contributed by atoms with Crippen LogP contribution in [0.4, 0.5) is 39.5 Å². The molecule has 0 aliphatic carbocycles. The maximum atomic E-state index is 14.8. The first-order valence-corrected chi connectivity index (χ1v) is 13.3. The summed E-state index contributed by atoms with van der Waals surface area (Å²) in [7, 11) is 0. The molecule has 0 radical (unpaired) electrons. The summed E-state index contributed by atoms with van der Waals surface area (Å²) in [5.41, 5.74) is -2.83. The Morgan fingerprint density at radius 3 is 2.00 bits per heavy atom. The molecule has 0 saturated carbocycles. The lowest BCUT2D eigenvalue weighted by Gasteiger charge is -2.27. The molecule has 1 aliphatic heterocycles. The second kappa shape index (κ2) is 14.2. The van der Waals surface area contributed by atoms with Crippen molar-refractivity contribution in [3.63, 3.8) is 0 Å². The summed E-state index contributed by atoms with van der Waals surface area (Å²) < 4.78 is 143. The third-order valence-electron chi connectivity index (χ3n) is 6.51. The highest BCUT2D eigenvalue weighted by molar-refractivity contribution is 5.83. The van der Waals surface area contributed by atoms with Gasteiger partial charge in [-0.15, -0.1) is 0 Å². The second-order valence-corrected chi connectivity index (χ2v) is 9.75. The van der Waals surface area contributed by atoms with Gasteiger partial charge in [-0.25, -0.2) is 30.7 Å². The lowest BCUT2D eigenvalue weighted by molar-refractivity contribution is -0.190. The van der Waals surface area contributed by atoms with Crippen molar-refractivity contribution in [3.05, 3.63) is 124 Å². The van der Waals surface area contributed by atoms with E-state index in [0.717, 1.165) is 12.1 Å². The molecule has 0 N–H and O–H groups in total. The summed E-state index contributed by atoms with van der Waals surface area (Å²) in [4.78, 5) is 0.